The van der Waals surface area contributed by atoms with Crippen LogP contribution in [0.1, 0.15) is 171 Å². The van der Waals surface area contributed by atoms with Gasteiger partial charge in [0, 0.05) is 39.3 Å². The molecule has 4 fully saturated rings. The van der Waals surface area contributed by atoms with Gasteiger partial charge in [-0.1, -0.05) is 151 Å². The predicted octanol–water partition coefficient (Wildman–Crippen LogP) is 13.9. The third-order valence-electron chi connectivity index (χ3n) is 10.4. The fourth-order valence-corrected chi connectivity index (χ4v) is 8.66. The highest BCUT2D eigenvalue weighted by Crippen LogP contribution is 2.33. The van der Waals surface area contributed by atoms with Crippen LogP contribution in [0, 0.1) is 45.3 Å². The highest BCUT2D eigenvalue weighted by atomic mass is 15.2. The minimum absolute atomic E-state index is 0. The van der Waals surface area contributed by atoms with E-state index in [0.717, 1.165) is 30.2 Å². The lowest BCUT2D eigenvalue weighted by molar-refractivity contribution is 0.0626. The van der Waals surface area contributed by atoms with Crippen molar-refractivity contribution in [2.75, 3.05) is 73.5 Å². The van der Waals surface area contributed by atoms with Crippen molar-refractivity contribution in [2.24, 2.45) is 45.3 Å². The number of benzene rings is 1. The Morgan fingerprint density at radius 1 is 0.426 bits per heavy atom. The maximum atomic E-state index is 2.55. The first-order valence-electron chi connectivity index (χ1n) is 20.3. The molecule has 326 valence electrons. The molecule has 4 aliphatic heterocycles. The Morgan fingerprint density at radius 2 is 0.759 bits per heavy atom. The minimum atomic E-state index is 0. The lowest BCUT2D eigenvalue weighted by Gasteiger charge is -2.42. The van der Waals surface area contributed by atoms with Crippen molar-refractivity contribution in [1.82, 2.24) is 19.6 Å². The predicted molar refractivity (Wildman–Crippen MR) is 252 cm³/mol. The van der Waals surface area contributed by atoms with Crippen molar-refractivity contribution in [1.29, 1.82) is 0 Å². The first-order valence-corrected chi connectivity index (χ1v) is 20.3. The molecule has 1 unspecified atom stereocenters. The van der Waals surface area contributed by atoms with Crippen molar-refractivity contribution >= 4 is 0 Å². The topological polar surface area (TPSA) is 13.0 Å². The van der Waals surface area contributed by atoms with E-state index in [1.807, 2.05) is 0 Å². The highest BCUT2D eigenvalue weighted by Gasteiger charge is 2.30. The summed E-state index contributed by atoms with van der Waals surface area (Å²) in [4.78, 5) is 9.82. The third-order valence-corrected chi connectivity index (χ3v) is 10.4. The molecule has 0 radical (unpaired) electrons. The summed E-state index contributed by atoms with van der Waals surface area (Å²) in [6, 6.07) is 10.8. The molecule has 4 heterocycles. The summed E-state index contributed by atoms with van der Waals surface area (Å²) in [7, 11) is 6.65. The van der Waals surface area contributed by atoms with Crippen LogP contribution in [0.15, 0.2) is 30.3 Å². The fraction of sp³-hybridized carbons (Fsp3) is 0.880. The van der Waals surface area contributed by atoms with Crippen LogP contribution in [-0.4, -0.2) is 93.1 Å². The Hall–Kier alpha value is -0.940. The van der Waals surface area contributed by atoms with Gasteiger partial charge in [-0.2, -0.15) is 0 Å². The standard InChI is InChI=1S/C15H23N.C11H23N.C10H21N.C9H19N.5CH4/c1-15(2,3)9-14-11-16(12-14)10-13-7-5-4-6-8-13;1-11(2,3)9-10-5-7-12(4)8-6-10;1-10(2,3)7-9-5-6-11(4)8-9;1-9(2,3)5-8-6-10(4)7-8;;;;;/h4-8,14H,9-12H2,1-3H3;10H,5-9H2,1-4H3;9H,5-8H2,1-4H3;8H,5-7H2,1-4H3;5*1H4. The lowest BCUT2D eigenvalue weighted by atomic mass is 9.80. The molecule has 0 bridgehead atoms. The quantitative estimate of drug-likeness (QED) is 0.286. The molecular formula is C50H106N4. The van der Waals surface area contributed by atoms with Crippen molar-refractivity contribution in [3.63, 3.8) is 0 Å². The number of hydrogen-bond donors (Lipinski definition) is 0. The Balaban J connectivity index is -0.000000304. The largest absolute Gasteiger partial charge is 0.306 e. The second kappa shape index (κ2) is 26.9. The fourth-order valence-electron chi connectivity index (χ4n) is 8.66. The van der Waals surface area contributed by atoms with Gasteiger partial charge in [0.15, 0.2) is 0 Å². The van der Waals surface area contributed by atoms with Gasteiger partial charge < -0.3 is 14.7 Å². The third kappa shape index (κ3) is 29.3. The Labute approximate surface area is 345 Å². The maximum Gasteiger partial charge on any atom is 0.0233 e. The number of piperidine rings is 1. The second-order valence-corrected chi connectivity index (χ2v) is 21.9. The molecule has 4 saturated heterocycles. The van der Waals surface area contributed by atoms with Gasteiger partial charge in [0.25, 0.3) is 0 Å². The average Bonchev–Trinajstić information content (AvgIpc) is 3.30. The van der Waals surface area contributed by atoms with Crippen LogP contribution < -0.4 is 0 Å². The summed E-state index contributed by atoms with van der Waals surface area (Å²) < 4.78 is 0. The molecule has 0 N–H and O–H groups in total. The zero-order valence-corrected chi connectivity index (χ0v) is 35.8. The molecule has 4 heteroatoms. The summed E-state index contributed by atoms with van der Waals surface area (Å²) in [5.41, 5.74) is 3.52. The zero-order valence-electron chi connectivity index (χ0n) is 35.8. The van der Waals surface area contributed by atoms with Crippen molar-refractivity contribution < 1.29 is 0 Å². The summed E-state index contributed by atoms with van der Waals surface area (Å²) in [5, 5.41) is 0. The monoisotopic (exact) mass is 763 g/mol. The van der Waals surface area contributed by atoms with E-state index in [-0.39, 0.29) is 37.1 Å². The van der Waals surface area contributed by atoms with Gasteiger partial charge in [-0.25, -0.2) is 0 Å². The maximum absolute atomic E-state index is 2.55. The van der Waals surface area contributed by atoms with E-state index >= 15 is 0 Å². The molecule has 5 rings (SSSR count). The van der Waals surface area contributed by atoms with Gasteiger partial charge in [0.2, 0.25) is 0 Å². The van der Waals surface area contributed by atoms with Crippen molar-refractivity contribution in [3.8, 4) is 0 Å². The SMILES string of the molecule is C.C.C.C.C.CC(C)(C)CC1CN(Cc2ccccc2)C1.CN1CC(CC(C)(C)C)C1.CN1CCC(CC(C)(C)C)C1.CN1CCC(CC(C)(C)C)CC1. The van der Waals surface area contributed by atoms with E-state index in [4.69, 9.17) is 0 Å². The van der Waals surface area contributed by atoms with E-state index in [1.54, 1.807) is 0 Å². The summed E-state index contributed by atoms with van der Waals surface area (Å²) >= 11 is 0. The van der Waals surface area contributed by atoms with Crippen LogP contribution in [0.3, 0.4) is 0 Å². The Morgan fingerprint density at radius 3 is 1.13 bits per heavy atom. The van der Waals surface area contributed by atoms with E-state index < -0.39 is 0 Å². The van der Waals surface area contributed by atoms with Gasteiger partial charge in [-0.15, -0.1) is 0 Å². The van der Waals surface area contributed by atoms with Gasteiger partial charge >= 0.3 is 0 Å². The van der Waals surface area contributed by atoms with Crippen LogP contribution in [-0.2, 0) is 6.54 Å². The molecule has 1 aromatic rings. The van der Waals surface area contributed by atoms with E-state index in [0.29, 0.717) is 21.7 Å². The number of nitrogens with zero attached hydrogens (tertiary/aromatic N) is 4. The molecule has 0 amide bonds. The van der Waals surface area contributed by atoms with Crippen LogP contribution in [0.5, 0.6) is 0 Å². The molecule has 4 nitrogen and oxygen atoms in total. The molecule has 0 aromatic heterocycles. The Bertz CT molecular complexity index is 988. The molecule has 0 saturated carbocycles. The molecular weight excluding hydrogens is 657 g/mol. The molecule has 1 aromatic carbocycles. The summed E-state index contributed by atoms with van der Waals surface area (Å²) in [5.74, 6) is 3.84. The van der Waals surface area contributed by atoms with Gasteiger partial charge in [0.05, 0.1) is 0 Å². The van der Waals surface area contributed by atoms with Gasteiger partial charge in [-0.3, -0.25) is 4.90 Å². The lowest BCUT2D eigenvalue weighted by Crippen LogP contribution is -2.47. The Kier molecular flexibility index (Phi) is 29.7. The van der Waals surface area contributed by atoms with Gasteiger partial charge in [0.1, 0.15) is 0 Å². The molecule has 0 spiro atoms. The molecule has 4 aliphatic rings. The van der Waals surface area contributed by atoms with E-state index in [2.05, 4.69) is 154 Å². The van der Waals surface area contributed by atoms with Gasteiger partial charge in [-0.05, 0) is 137 Å². The average molecular weight is 763 g/mol. The minimum Gasteiger partial charge on any atom is -0.306 e. The van der Waals surface area contributed by atoms with Crippen molar-refractivity contribution in [2.45, 2.75) is 172 Å². The normalized spacial score (nSPS) is 20.5. The highest BCUT2D eigenvalue weighted by molar-refractivity contribution is 5.14. The first-order chi connectivity index (χ1) is 22.4. The molecule has 54 heavy (non-hydrogen) atoms. The van der Waals surface area contributed by atoms with Crippen LogP contribution >= 0.6 is 0 Å². The van der Waals surface area contributed by atoms with E-state index in [9.17, 15) is 0 Å². The molecule has 1 atom stereocenters. The van der Waals surface area contributed by atoms with Crippen LogP contribution in [0.2, 0.25) is 0 Å². The van der Waals surface area contributed by atoms with E-state index in [1.165, 1.54) is 103 Å². The number of rotatable bonds is 6. The number of hydrogen-bond acceptors (Lipinski definition) is 4. The molecule has 0 aliphatic carbocycles. The van der Waals surface area contributed by atoms with Crippen LogP contribution in [0.25, 0.3) is 0 Å². The summed E-state index contributed by atoms with van der Waals surface area (Å²) in [6.07, 6.45) is 9.77. The first kappa shape index (κ1) is 59.7. The zero-order chi connectivity index (χ0) is 37.0. The smallest absolute Gasteiger partial charge is 0.0233 e. The second-order valence-electron chi connectivity index (χ2n) is 21.9. The summed E-state index contributed by atoms with van der Waals surface area (Å²) in [6.45, 7) is 39.6. The van der Waals surface area contributed by atoms with Crippen LogP contribution in [0.4, 0.5) is 0 Å². The number of likely N-dealkylation sites (tertiary alicyclic amines) is 4. The van der Waals surface area contributed by atoms with Crippen molar-refractivity contribution in [3.05, 3.63) is 35.9 Å².